The number of cyclic esters (lactones) is 1. The first-order valence-electron chi connectivity index (χ1n) is 16.9. The third-order valence-corrected chi connectivity index (χ3v) is 8.81. The topological polar surface area (TPSA) is 191 Å². The van der Waals surface area contributed by atoms with Gasteiger partial charge in [-0.1, -0.05) is 25.5 Å². The van der Waals surface area contributed by atoms with Gasteiger partial charge in [0, 0.05) is 16.5 Å². The van der Waals surface area contributed by atoms with Crippen molar-refractivity contribution in [3.63, 3.8) is 0 Å². The zero-order valence-corrected chi connectivity index (χ0v) is 29.2. The van der Waals surface area contributed by atoms with Crippen LogP contribution in [0.3, 0.4) is 0 Å². The Morgan fingerprint density at radius 2 is 1.78 bits per heavy atom. The molecule has 0 bridgehead atoms. The standard InChI is InChI=1S/C36H43N3O12/c1-5-23-24-13-21(3)7-8-28(24)38-33-25(23)16-39-29(33)14-27-26(34(39)44)18-50-35(45)36(27,6-2)51-32(43)15-37-30(40)19-47-10-9-46-17-22(4)49-12-11-48-20-31(41)42/h7-8,13-14,22H,5-6,9-12,15-20H2,1-4H3,(H,37,40)(H,41,42)/t22?,36-/m0/s1. The minimum atomic E-state index is -1.89. The van der Waals surface area contributed by atoms with Gasteiger partial charge in [0.25, 0.3) is 5.56 Å². The zero-order valence-electron chi connectivity index (χ0n) is 29.2. The summed E-state index contributed by atoms with van der Waals surface area (Å²) in [5.41, 5.74) is 3.38. The summed E-state index contributed by atoms with van der Waals surface area (Å²) in [5.74, 6) is -3.33. The van der Waals surface area contributed by atoms with Crippen LogP contribution in [0, 0.1) is 6.92 Å². The van der Waals surface area contributed by atoms with E-state index in [9.17, 15) is 24.0 Å². The van der Waals surface area contributed by atoms with Gasteiger partial charge in [-0.05, 0) is 50.5 Å². The van der Waals surface area contributed by atoms with Crippen molar-refractivity contribution in [1.82, 2.24) is 14.9 Å². The molecule has 1 unspecified atom stereocenters. The van der Waals surface area contributed by atoms with Gasteiger partial charge in [0.1, 0.15) is 26.4 Å². The van der Waals surface area contributed by atoms with E-state index in [1.165, 1.54) is 0 Å². The number of aryl methyl sites for hydroxylation is 2. The molecule has 1 amide bonds. The molecule has 2 aliphatic heterocycles. The van der Waals surface area contributed by atoms with Gasteiger partial charge in [0.15, 0.2) is 0 Å². The second-order valence-corrected chi connectivity index (χ2v) is 12.4. The van der Waals surface area contributed by atoms with Gasteiger partial charge in [-0.15, -0.1) is 0 Å². The molecular formula is C36H43N3O12. The number of fused-ring (bicyclic) bond motifs is 5. The highest BCUT2D eigenvalue weighted by Crippen LogP contribution is 2.42. The predicted octanol–water partition coefficient (Wildman–Crippen LogP) is 2.16. The van der Waals surface area contributed by atoms with E-state index < -0.39 is 42.6 Å². The van der Waals surface area contributed by atoms with Crippen LogP contribution in [0.2, 0.25) is 0 Å². The molecule has 0 fully saturated rings. The second kappa shape index (κ2) is 16.5. The summed E-state index contributed by atoms with van der Waals surface area (Å²) < 4.78 is 33.9. The molecule has 0 saturated heterocycles. The molecule has 4 heterocycles. The Hall–Kier alpha value is -4.70. The summed E-state index contributed by atoms with van der Waals surface area (Å²) in [6, 6.07) is 7.75. The number of carbonyl (C=O) groups excluding carboxylic acids is 3. The summed E-state index contributed by atoms with van der Waals surface area (Å²) in [4.78, 5) is 68.1. The Bertz CT molecular complexity index is 1870. The van der Waals surface area contributed by atoms with Crippen molar-refractivity contribution in [3.8, 4) is 11.4 Å². The molecule has 15 nitrogen and oxygen atoms in total. The van der Waals surface area contributed by atoms with Crippen LogP contribution >= 0.6 is 0 Å². The lowest BCUT2D eigenvalue weighted by molar-refractivity contribution is -0.189. The molecule has 3 aromatic rings. The number of aliphatic carboxylic acids is 1. The Morgan fingerprint density at radius 1 is 1.04 bits per heavy atom. The van der Waals surface area contributed by atoms with Crippen molar-refractivity contribution in [3.05, 3.63) is 62.4 Å². The lowest BCUT2D eigenvalue weighted by Gasteiger charge is -2.35. The minimum absolute atomic E-state index is 0.00975. The molecule has 0 spiro atoms. The highest BCUT2D eigenvalue weighted by atomic mass is 16.6. The van der Waals surface area contributed by atoms with Crippen molar-refractivity contribution < 1.29 is 52.7 Å². The number of carboxylic acid groups (broad SMARTS) is 1. The number of carbonyl (C=O) groups is 4. The third kappa shape index (κ3) is 8.28. The van der Waals surface area contributed by atoms with Gasteiger partial charge < -0.3 is 43.4 Å². The minimum Gasteiger partial charge on any atom is -0.480 e. The maximum Gasteiger partial charge on any atom is 0.355 e. The van der Waals surface area contributed by atoms with Crippen molar-refractivity contribution in [2.45, 2.75) is 65.4 Å². The van der Waals surface area contributed by atoms with Gasteiger partial charge >= 0.3 is 17.9 Å². The van der Waals surface area contributed by atoms with E-state index in [1.54, 1.807) is 24.5 Å². The van der Waals surface area contributed by atoms with Crippen LogP contribution in [0.1, 0.15) is 55.0 Å². The normalized spacial score (nSPS) is 16.6. The molecule has 0 aliphatic carbocycles. The number of hydrogen-bond acceptors (Lipinski definition) is 12. The largest absolute Gasteiger partial charge is 0.480 e. The van der Waals surface area contributed by atoms with Crippen LogP contribution in [0.15, 0.2) is 29.1 Å². The number of amides is 1. The molecule has 1 aromatic carbocycles. The molecule has 0 saturated carbocycles. The Balaban J connectivity index is 1.18. The zero-order chi connectivity index (χ0) is 36.7. The van der Waals surface area contributed by atoms with Gasteiger partial charge in [-0.25, -0.2) is 14.6 Å². The van der Waals surface area contributed by atoms with Gasteiger partial charge in [-0.2, -0.15) is 0 Å². The predicted molar refractivity (Wildman–Crippen MR) is 181 cm³/mol. The fourth-order valence-electron chi connectivity index (χ4n) is 6.34. The molecule has 5 rings (SSSR count). The van der Waals surface area contributed by atoms with E-state index in [0.29, 0.717) is 17.9 Å². The van der Waals surface area contributed by atoms with E-state index in [-0.39, 0.29) is 75.5 Å². The summed E-state index contributed by atoms with van der Waals surface area (Å²) in [7, 11) is 0. The smallest absolute Gasteiger partial charge is 0.355 e. The second-order valence-electron chi connectivity index (χ2n) is 12.4. The molecule has 274 valence electrons. The fourth-order valence-corrected chi connectivity index (χ4v) is 6.34. The lowest BCUT2D eigenvalue weighted by atomic mass is 9.85. The van der Waals surface area contributed by atoms with Gasteiger partial charge in [0.2, 0.25) is 11.5 Å². The number of carboxylic acids is 1. The fraction of sp³-hybridized carbons (Fsp3) is 0.500. The molecule has 15 heteroatoms. The molecular weight excluding hydrogens is 666 g/mol. The van der Waals surface area contributed by atoms with E-state index in [0.717, 1.165) is 34.0 Å². The number of nitrogens with one attached hydrogen (secondary N) is 1. The Labute approximate surface area is 294 Å². The lowest BCUT2D eigenvalue weighted by Crippen LogP contribution is -2.48. The van der Waals surface area contributed by atoms with Crippen molar-refractivity contribution in [2.24, 2.45) is 0 Å². The van der Waals surface area contributed by atoms with Crippen LogP contribution in [0.25, 0.3) is 22.3 Å². The number of hydrogen-bond donors (Lipinski definition) is 2. The Kier molecular flexibility index (Phi) is 12.2. The average molecular weight is 710 g/mol. The molecule has 2 aromatic heterocycles. The molecule has 0 radical (unpaired) electrons. The highest BCUT2D eigenvalue weighted by molar-refractivity contribution is 5.91. The van der Waals surface area contributed by atoms with E-state index in [4.69, 9.17) is 38.5 Å². The monoisotopic (exact) mass is 709 g/mol. The summed E-state index contributed by atoms with van der Waals surface area (Å²) >= 11 is 0. The van der Waals surface area contributed by atoms with Crippen molar-refractivity contribution >= 4 is 34.7 Å². The number of pyridine rings is 2. The van der Waals surface area contributed by atoms with Crippen LogP contribution in [-0.2, 0) is 72.8 Å². The van der Waals surface area contributed by atoms with Gasteiger partial charge in [0.05, 0.1) is 68.2 Å². The van der Waals surface area contributed by atoms with Crippen LogP contribution in [-0.4, -0.2) is 97.4 Å². The number of esters is 2. The molecule has 2 aliphatic rings. The summed E-state index contributed by atoms with van der Waals surface area (Å²) in [6.45, 7) is 7.19. The maximum absolute atomic E-state index is 13.9. The summed E-state index contributed by atoms with van der Waals surface area (Å²) in [5, 5.41) is 12.0. The van der Waals surface area contributed by atoms with E-state index in [1.807, 2.05) is 19.1 Å². The van der Waals surface area contributed by atoms with Crippen LogP contribution < -0.4 is 10.9 Å². The molecule has 2 N–H and O–H groups in total. The first-order chi connectivity index (χ1) is 24.5. The SMILES string of the molecule is CCc1c2c(nc3ccc(C)cc13)-c1cc3c(c(=O)n1C2)COC(=O)[C@@]3(CC)OC(=O)CNC(=O)COCCOCC(C)OCCOCC(=O)O. The first kappa shape index (κ1) is 37.6. The quantitative estimate of drug-likeness (QED) is 0.113. The van der Waals surface area contributed by atoms with Crippen LogP contribution in [0.5, 0.6) is 0 Å². The number of nitrogens with zero attached hydrogens (tertiary/aromatic N) is 2. The highest BCUT2D eigenvalue weighted by Gasteiger charge is 2.50. The van der Waals surface area contributed by atoms with E-state index in [2.05, 4.69) is 18.3 Å². The number of rotatable bonds is 18. The molecule has 2 atom stereocenters. The maximum atomic E-state index is 13.9. The Morgan fingerprint density at radius 3 is 2.53 bits per heavy atom. The van der Waals surface area contributed by atoms with Crippen LogP contribution in [0.4, 0.5) is 0 Å². The van der Waals surface area contributed by atoms with Crippen molar-refractivity contribution in [1.29, 1.82) is 0 Å². The number of benzene rings is 1. The van der Waals surface area contributed by atoms with Gasteiger partial charge in [-0.3, -0.25) is 14.4 Å². The third-order valence-electron chi connectivity index (χ3n) is 8.81. The average Bonchev–Trinajstić information content (AvgIpc) is 3.47. The number of aromatic nitrogens is 2. The number of ether oxygens (including phenoxy) is 6. The molecule has 51 heavy (non-hydrogen) atoms. The first-order valence-corrected chi connectivity index (χ1v) is 16.9. The summed E-state index contributed by atoms with van der Waals surface area (Å²) in [6.07, 6.45) is 0.462. The van der Waals surface area contributed by atoms with E-state index >= 15 is 0 Å². The van der Waals surface area contributed by atoms with Crippen molar-refractivity contribution in [2.75, 3.05) is 52.8 Å².